The van der Waals surface area contributed by atoms with E-state index in [-0.39, 0.29) is 0 Å². The first-order valence-corrected chi connectivity index (χ1v) is 4.52. The maximum atomic E-state index is 5.80. The molecule has 0 aromatic carbocycles. The van der Waals surface area contributed by atoms with Crippen LogP contribution in [0.1, 0.15) is 37.7 Å². The van der Waals surface area contributed by atoms with Crippen molar-refractivity contribution >= 4 is 11.6 Å². The predicted octanol–water partition coefficient (Wildman–Crippen LogP) is 2.95. The molecule has 1 heterocycles. The van der Waals surface area contributed by atoms with Crippen LogP contribution in [-0.4, -0.2) is 9.97 Å². The molecule has 0 radical (unpaired) electrons. The molecule has 0 saturated carbocycles. The van der Waals surface area contributed by atoms with E-state index in [4.69, 9.17) is 11.6 Å². The minimum Gasteiger partial charge on any atom is -0.238 e. The Morgan fingerprint density at radius 2 is 2.17 bits per heavy atom. The number of hydrogen-bond acceptors (Lipinski definition) is 2. The lowest BCUT2D eigenvalue weighted by molar-refractivity contribution is 0.674. The van der Waals surface area contributed by atoms with Gasteiger partial charge in [-0.15, -0.1) is 0 Å². The molecule has 0 fully saturated rings. The van der Waals surface area contributed by atoms with Gasteiger partial charge in [-0.25, -0.2) is 9.97 Å². The van der Waals surface area contributed by atoms with Gasteiger partial charge in [0, 0.05) is 11.6 Å². The summed E-state index contributed by atoms with van der Waals surface area (Å²) in [5, 5.41) is 0.540. The van der Waals surface area contributed by atoms with Crippen molar-refractivity contribution in [3.63, 3.8) is 0 Å². The number of hydrogen-bond donors (Lipinski definition) is 0. The van der Waals surface area contributed by atoms with Gasteiger partial charge in [0.25, 0.3) is 0 Å². The van der Waals surface area contributed by atoms with Crippen LogP contribution < -0.4 is 0 Å². The zero-order valence-corrected chi connectivity index (χ0v) is 8.39. The van der Waals surface area contributed by atoms with Crippen molar-refractivity contribution in [2.24, 2.45) is 0 Å². The quantitative estimate of drug-likeness (QED) is 0.661. The molecule has 0 saturated heterocycles. The highest BCUT2D eigenvalue weighted by molar-refractivity contribution is 6.29. The Balaban J connectivity index is 3.00. The van der Waals surface area contributed by atoms with Crippen molar-refractivity contribution in [3.05, 3.63) is 22.7 Å². The van der Waals surface area contributed by atoms with Gasteiger partial charge < -0.3 is 0 Å². The summed E-state index contributed by atoms with van der Waals surface area (Å²) < 4.78 is 0. The Morgan fingerprint density at radius 1 is 1.50 bits per heavy atom. The minimum atomic E-state index is 0.391. The molecule has 2 nitrogen and oxygen atoms in total. The van der Waals surface area contributed by atoms with Crippen molar-refractivity contribution in [1.82, 2.24) is 9.97 Å². The lowest BCUT2D eigenvalue weighted by Gasteiger charge is -2.07. The van der Waals surface area contributed by atoms with Crippen LogP contribution in [-0.2, 0) is 0 Å². The van der Waals surface area contributed by atoms with E-state index in [1.54, 1.807) is 6.07 Å². The third-order valence-corrected chi connectivity index (χ3v) is 2.09. The van der Waals surface area contributed by atoms with E-state index in [2.05, 4.69) is 23.8 Å². The molecule has 12 heavy (non-hydrogen) atoms. The zero-order chi connectivity index (χ0) is 9.14. The Kier molecular flexibility index (Phi) is 3.04. The molecule has 0 spiro atoms. The van der Waals surface area contributed by atoms with E-state index in [0.29, 0.717) is 11.1 Å². The second-order valence-corrected chi connectivity index (χ2v) is 3.39. The molecule has 0 aliphatic carbocycles. The van der Waals surface area contributed by atoms with E-state index < -0.39 is 0 Å². The van der Waals surface area contributed by atoms with Crippen LogP contribution in [0.3, 0.4) is 0 Å². The average Bonchev–Trinajstić information content (AvgIpc) is 2.01. The van der Waals surface area contributed by atoms with Gasteiger partial charge in [-0.2, -0.15) is 0 Å². The van der Waals surface area contributed by atoms with Crippen molar-refractivity contribution in [3.8, 4) is 0 Å². The fraction of sp³-hybridized carbons (Fsp3) is 0.556. The molecule has 1 aromatic rings. The fourth-order valence-corrected chi connectivity index (χ4v) is 1.20. The summed E-state index contributed by atoms with van der Waals surface area (Å²) in [5.74, 6) is 1.24. The van der Waals surface area contributed by atoms with Crippen LogP contribution in [0.4, 0.5) is 0 Å². The van der Waals surface area contributed by atoms with Gasteiger partial charge in [0.1, 0.15) is 11.0 Å². The van der Waals surface area contributed by atoms with Crippen LogP contribution in [0.25, 0.3) is 0 Å². The van der Waals surface area contributed by atoms with E-state index in [1.807, 2.05) is 6.92 Å². The van der Waals surface area contributed by atoms with Gasteiger partial charge in [0.2, 0.25) is 0 Å². The van der Waals surface area contributed by atoms with Crippen molar-refractivity contribution in [2.45, 2.75) is 33.1 Å². The topological polar surface area (TPSA) is 25.8 Å². The number of halogens is 1. The number of aryl methyl sites for hydroxylation is 1. The molecular formula is C9H13ClN2. The number of rotatable bonds is 2. The lowest BCUT2D eigenvalue weighted by Crippen LogP contribution is -2.01. The largest absolute Gasteiger partial charge is 0.238 e. The van der Waals surface area contributed by atoms with Crippen LogP contribution in [0.5, 0.6) is 0 Å². The Morgan fingerprint density at radius 3 is 2.67 bits per heavy atom. The average molecular weight is 185 g/mol. The maximum absolute atomic E-state index is 5.80. The second-order valence-electron chi connectivity index (χ2n) is 3.00. The second kappa shape index (κ2) is 3.85. The van der Waals surface area contributed by atoms with Gasteiger partial charge >= 0.3 is 0 Å². The first-order chi connectivity index (χ1) is 5.63. The third kappa shape index (κ3) is 2.18. The minimum absolute atomic E-state index is 0.391. The Bertz CT molecular complexity index is 253. The van der Waals surface area contributed by atoms with Crippen molar-refractivity contribution in [1.29, 1.82) is 0 Å². The van der Waals surface area contributed by atoms with Gasteiger partial charge in [0.05, 0.1) is 0 Å². The highest BCUT2D eigenvalue weighted by Crippen LogP contribution is 2.16. The molecule has 0 aliphatic rings. The maximum Gasteiger partial charge on any atom is 0.133 e. The molecule has 0 bridgehead atoms. The predicted molar refractivity (Wildman–Crippen MR) is 50.5 cm³/mol. The zero-order valence-electron chi connectivity index (χ0n) is 7.63. The molecule has 0 N–H and O–H groups in total. The molecule has 1 atom stereocenters. The number of nitrogens with zero attached hydrogens (tertiary/aromatic N) is 2. The standard InChI is InChI=1S/C9H13ClN2/c1-4-6(2)9-11-7(3)5-8(10)12-9/h5-6H,4H2,1-3H3. The molecule has 1 rings (SSSR count). The highest BCUT2D eigenvalue weighted by atomic mass is 35.5. The van der Waals surface area contributed by atoms with Crippen LogP contribution in [0.2, 0.25) is 5.15 Å². The van der Waals surface area contributed by atoms with Crippen LogP contribution in [0.15, 0.2) is 6.07 Å². The van der Waals surface area contributed by atoms with E-state index >= 15 is 0 Å². The molecule has 66 valence electrons. The molecule has 1 unspecified atom stereocenters. The van der Waals surface area contributed by atoms with Crippen molar-refractivity contribution < 1.29 is 0 Å². The molecule has 3 heteroatoms. The third-order valence-electron chi connectivity index (χ3n) is 1.89. The Hall–Kier alpha value is -0.630. The van der Waals surface area contributed by atoms with Gasteiger partial charge in [0.15, 0.2) is 0 Å². The number of aromatic nitrogens is 2. The summed E-state index contributed by atoms with van der Waals surface area (Å²) in [7, 11) is 0. The van der Waals surface area contributed by atoms with E-state index in [9.17, 15) is 0 Å². The van der Waals surface area contributed by atoms with Crippen LogP contribution in [0, 0.1) is 6.92 Å². The SMILES string of the molecule is CCC(C)c1nc(C)cc(Cl)n1. The summed E-state index contributed by atoms with van der Waals surface area (Å²) in [5.41, 5.74) is 0.935. The molecule has 0 amide bonds. The first-order valence-electron chi connectivity index (χ1n) is 4.14. The fourth-order valence-electron chi connectivity index (χ4n) is 0.955. The van der Waals surface area contributed by atoms with Crippen LogP contribution >= 0.6 is 11.6 Å². The molecular weight excluding hydrogens is 172 g/mol. The molecule has 0 aliphatic heterocycles. The Labute approximate surface area is 78.0 Å². The first kappa shape index (κ1) is 9.46. The summed E-state index contributed by atoms with van der Waals surface area (Å²) in [6.07, 6.45) is 1.04. The van der Waals surface area contributed by atoms with E-state index in [0.717, 1.165) is 17.9 Å². The van der Waals surface area contributed by atoms with Crippen molar-refractivity contribution in [2.75, 3.05) is 0 Å². The van der Waals surface area contributed by atoms with E-state index in [1.165, 1.54) is 0 Å². The molecule has 1 aromatic heterocycles. The smallest absolute Gasteiger partial charge is 0.133 e. The summed E-state index contributed by atoms with van der Waals surface area (Å²) in [6.45, 7) is 6.15. The lowest BCUT2D eigenvalue weighted by atomic mass is 10.1. The summed E-state index contributed by atoms with van der Waals surface area (Å²) in [4.78, 5) is 8.47. The highest BCUT2D eigenvalue weighted by Gasteiger charge is 2.07. The summed E-state index contributed by atoms with van der Waals surface area (Å²) >= 11 is 5.80. The van der Waals surface area contributed by atoms with Gasteiger partial charge in [-0.05, 0) is 19.4 Å². The van der Waals surface area contributed by atoms with Gasteiger partial charge in [-0.1, -0.05) is 25.4 Å². The monoisotopic (exact) mass is 184 g/mol. The van der Waals surface area contributed by atoms with Gasteiger partial charge in [-0.3, -0.25) is 0 Å². The summed E-state index contributed by atoms with van der Waals surface area (Å²) in [6, 6.07) is 1.77. The normalized spacial score (nSPS) is 13.0.